The molecule has 0 bridgehead atoms. The van der Waals surface area contributed by atoms with Crippen molar-refractivity contribution < 1.29 is 13.9 Å². The molecule has 0 heterocycles. The first kappa shape index (κ1) is 19.5. The monoisotopic (exact) mass is 477 g/mol. The molecule has 1 N–H and O–H groups in total. The summed E-state index contributed by atoms with van der Waals surface area (Å²) in [6.45, 7) is 3.12. The van der Waals surface area contributed by atoms with Crippen LogP contribution in [0, 0.1) is 16.3 Å². The van der Waals surface area contributed by atoms with Crippen molar-refractivity contribution in [2.75, 3.05) is 12.4 Å². The summed E-state index contributed by atoms with van der Waals surface area (Å²) < 4.78 is 25.5. The maximum absolute atomic E-state index is 13.0. The minimum absolute atomic E-state index is 0.253. The van der Waals surface area contributed by atoms with Crippen LogP contribution in [0.4, 0.5) is 10.1 Å². The number of aryl methyl sites for hydroxylation is 1. The van der Waals surface area contributed by atoms with Crippen molar-refractivity contribution in [2.45, 2.75) is 20.1 Å². The fraction of sp³-hybridized carbons (Fsp3) is 0.182. The van der Waals surface area contributed by atoms with Crippen LogP contribution in [0.5, 0.6) is 11.5 Å². The molecule has 0 aromatic heterocycles. The van der Waals surface area contributed by atoms with Gasteiger partial charge in [-0.3, -0.25) is 0 Å². The first-order valence-electron chi connectivity index (χ1n) is 8.59. The summed E-state index contributed by atoms with van der Waals surface area (Å²) in [5, 5.41) is 3.43. The highest BCUT2D eigenvalue weighted by Gasteiger charge is 2.12. The number of anilines is 1. The number of ether oxygens (including phenoxy) is 2. The van der Waals surface area contributed by atoms with Gasteiger partial charge < -0.3 is 14.8 Å². The Labute approximate surface area is 172 Å². The van der Waals surface area contributed by atoms with E-state index >= 15 is 0 Å². The lowest BCUT2D eigenvalue weighted by molar-refractivity contribution is 0.282. The molecule has 0 radical (unpaired) electrons. The number of benzene rings is 3. The molecule has 3 aromatic carbocycles. The lowest BCUT2D eigenvalue weighted by atomic mass is 10.1. The number of methoxy groups -OCH3 is 1. The third-order valence-electron chi connectivity index (χ3n) is 4.10. The van der Waals surface area contributed by atoms with Gasteiger partial charge in [-0.1, -0.05) is 24.3 Å². The van der Waals surface area contributed by atoms with E-state index in [2.05, 4.69) is 59.1 Å². The Bertz CT molecular complexity index is 913. The summed E-state index contributed by atoms with van der Waals surface area (Å²) in [5.41, 5.74) is 4.31. The molecule has 140 valence electrons. The normalized spacial score (nSPS) is 10.5. The molecule has 0 saturated carbocycles. The van der Waals surface area contributed by atoms with Crippen molar-refractivity contribution >= 4 is 28.3 Å². The van der Waals surface area contributed by atoms with E-state index in [4.69, 9.17) is 9.47 Å². The molecule has 0 unspecified atom stereocenters. The maximum Gasteiger partial charge on any atom is 0.174 e. The lowest BCUT2D eigenvalue weighted by Gasteiger charge is -2.15. The summed E-state index contributed by atoms with van der Waals surface area (Å²) in [7, 11) is 1.63. The second-order valence-electron chi connectivity index (χ2n) is 6.25. The molecule has 27 heavy (non-hydrogen) atoms. The van der Waals surface area contributed by atoms with Crippen LogP contribution in [0.1, 0.15) is 16.7 Å². The molecule has 0 atom stereocenters. The lowest BCUT2D eigenvalue weighted by Crippen LogP contribution is -2.04. The van der Waals surface area contributed by atoms with Gasteiger partial charge in [0.25, 0.3) is 0 Å². The molecule has 0 aliphatic rings. The van der Waals surface area contributed by atoms with E-state index in [0.717, 1.165) is 20.4 Å². The predicted octanol–water partition coefficient (Wildman–Crippen LogP) is 5.94. The molecule has 0 fully saturated rings. The average Bonchev–Trinajstić information content (AvgIpc) is 2.66. The first-order valence-corrected chi connectivity index (χ1v) is 9.67. The summed E-state index contributed by atoms with van der Waals surface area (Å²) >= 11 is 2.25. The molecular formula is C22H21FINO2. The van der Waals surface area contributed by atoms with E-state index in [1.54, 1.807) is 19.2 Å². The molecule has 0 aliphatic heterocycles. The maximum atomic E-state index is 13.0. The molecule has 0 spiro atoms. The van der Waals surface area contributed by atoms with E-state index in [0.29, 0.717) is 24.7 Å². The topological polar surface area (TPSA) is 30.5 Å². The number of hydrogen-bond acceptors (Lipinski definition) is 3. The van der Waals surface area contributed by atoms with Crippen LogP contribution in [0.25, 0.3) is 0 Å². The van der Waals surface area contributed by atoms with Gasteiger partial charge in [0.2, 0.25) is 0 Å². The fourth-order valence-electron chi connectivity index (χ4n) is 2.71. The van der Waals surface area contributed by atoms with E-state index < -0.39 is 0 Å². The molecule has 3 aromatic rings. The van der Waals surface area contributed by atoms with Crippen LogP contribution >= 0.6 is 22.6 Å². The Hall–Kier alpha value is -2.28. The third-order valence-corrected chi connectivity index (χ3v) is 4.90. The van der Waals surface area contributed by atoms with E-state index in [1.165, 1.54) is 17.7 Å². The highest BCUT2D eigenvalue weighted by Crippen LogP contribution is 2.34. The first-order chi connectivity index (χ1) is 13.0. The Kier molecular flexibility index (Phi) is 6.55. The minimum atomic E-state index is -0.253. The highest BCUT2D eigenvalue weighted by atomic mass is 127. The van der Waals surface area contributed by atoms with Gasteiger partial charge in [-0.15, -0.1) is 0 Å². The quantitative estimate of drug-likeness (QED) is 0.428. The number of hydrogen-bond donors (Lipinski definition) is 1. The van der Waals surface area contributed by atoms with Crippen LogP contribution in [0.15, 0.2) is 60.7 Å². The van der Waals surface area contributed by atoms with Gasteiger partial charge in [0.15, 0.2) is 11.5 Å². The van der Waals surface area contributed by atoms with Crippen molar-refractivity contribution in [2.24, 2.45) is 0 Å². The summed E-state index contributed by atoms with van der Waals surface area (Å²) in [6, 6.07) is 18.6. The smallest absolute Gasteiger partial charge is 0.174 e. The van der Waals surface area contributed by atoms with Gasteiger partial charge in [-0.05, 0) is 82.6 Å². The Morgan fingerprint density at radius 3 is 2.48 bits per heavy atom. The number of rotatable bonds is 7. The summed E-state index contributed by atoms with van der Waals surface area (Å²) in [6.07, 6.45) is 0. The Balaban J connectivity index is 1.71. The standard InChI is InChI=1S/C22H21FINO2/c1-15-4-3-5-19(10-15)25-13-17-11-20(24)22(21(12-17)26-2)27-14-16-6-8-18(23)9-7-16/h3-12,25H,13-14H2,1-2H3. The largest absolute Gasteiger partial charge is 0.493 e. The van der Waals surface area contributed by atoms with E-state index in [9.17, 15) is 4.39 Å². The van der Waals surface area contributed by atoms with Crippen LogP contribution in [-0.2, 0) is 13.2 Å². The van der Waals surface area contributed by atoms with Crippen molar-refractivity contribution in [3.05, 3.63) is 86.7 Å². The molecule has 3 nitrogen and oxygen atoms in total. The number of halogens is 2. The minimum Gasteiger partial charge on any atom is -0.493 e. The van der Waals surface area contributed by atoms with Gasteiger partial charge >= 0.3 is 0 Å². The van der Waals surface area contributed by atoms with Crippen LogP contribution in [-0.4, -0.2) is 7.11 Å². The van der Waals surface area contributed by atoms with Crippen LogP contribution in [0.3, 0.4) is 0 Å². The fourth-order valence-corrected chi connectivity index (χ4v) is 3.53. The Morgan fingerprint density at radius 1 is 1.00 bits per heavy atom. The second-order valence-corrected chi connectivity index (χ2v) is 7.41. The summed E-state index contributed by atoms with van der Waals surface area (Å²) in [5.74, 6) is 1.13. The van der Waals surface area contributed by atoms with Gasteiger partial charge in [0.1, 0.15) is 12.4 Å². The SMILES string of the molecule is COc1cc(CNc2cccc(C)c2)cc(I)c1OCc1ccc(F)cc1. The van der Waals surface area contributed by atoms with Gasteiger partial charge in [0.05, 0.1) is 10.7 Å². The van der Waals surface area contributed by atoms with Gasteiger partial charge in [0, 0.05) is 12.2 Å². The zero-order valence-electron chi connectivity index (χ0n) is 15.3. The molecule has 3 rings (SSSR count). The van der Waals surface area contributed by atoms with Crippen molar-refractivity contribution in [1.29, 1.82) is 0 Å². The summed E-state index contributed by atoms with van der Waals surface area (Å²) in [4.78, 5) is 0. The molecule has 0 aliphatic carbocycles. The molecule has 5 heteroatoms. The van der Waals surface area contributed by atoms with Crippen molar-refractivity contribution in [3.8, 4) is 11.5 Å². The van der Waals surface area contributed by atoms with E-state index in [-0.39, 0.29) is 5.82 Å². The average molecular weight is 477 g/mol. The predicted molar refractivity (Wildman–Crippen MR) is 115 cm³/mol. The second kappa shape index (κ2) is 9.08. The zero-order valence-corrected chi connectivity index (χ0v) is 17.4. The molecule has 0 saturated heterocycles. The molecular weight excluding hydrogens is 456 g/mol. The van der Waals surface area contributed by atoms with Crippen LogP contribution < -0.4 is 14.8 Å². The Morgan fingerprint density at radius 2 is 1.78 bits per heavy atom. The number of nitrogens with one attached hydrogen (secondary N) is 1. The highest BCUT2D eigenvalue weighted by molar-refractivity contribution is 14.1. The third kappa shape index (κ3) is 5.35. The molecule has 0 amide bonds. The van der Waals surface area contributed by atoms with Crippen molar-refractivity contribution in [3.63, 3.8) is 0 Å². The van der Waals surface area contributed by atoms with E-state index in [1.807, 2.05) is 12.1 Å². The van der Waals surface area contributed by atoms with Gasteiger partial charge in [-0.2, -0.15) is 0 Å². The van der Waals surface area contributed by atoms with Crippen molar-refractivity contribution in [1.82, 2.24) is 0 Å². The van der Waals surface area contributed by atoms with Crippen LogP contribution in [0.2, 0.25) is 0 Å². The zero-order chi connectivity index (χ0) is 19.2. The van der Waals surface area contributed by atoms with Gasteiger partial charge in [-0.25, -0.2) is 4.39 Å².